The fraction of sp³-hybridized carbons (Fsp3) is 0.208. The van der Waals surface area contributed by atoms with Crippen molar-refractivity contribution in [3.63, 3.8) is 0 Å². The van der Waals surface area contributed by atoms with Crippen LogP contribution in [0.3, 0.4) is 0 Å². The number of anilines is 1. The maximum Gasteiger partial charge on any atom is 0.233 e. The van der Waals surface area contributed by atoms with Gasteiger partial charge in [0.25, 0.3) is 0 Å². The predicted molar refractivity (Wildman–Crippen MR) is 120 cm³/mol. The first-order valence-electron chi connectivity index (χ1n) is 9.55. The van der Waals surface area contributed by atoms with E-state index in [2.05, 4.69) is 46.9 Å². The fourth-order valence-corrected chi connectivity index (χ4v) is 4.30. The standard InChI is InChI=1S/C24H22INO2/c25-19-11-13-20(14-12-19)26-23(18-9-15-21(27)16-10-18)22(24(26)28)8-4-7-17-5-2-1-3-6-17/h1-3,5-6,9-16,22-23,27H,4,7-8H2/t22-,23-/m1/s1. The van der Waals surface area contributed by atoms with Gasteiger partial charge in [-0.1, -0.05) is 42.5 Å². The third-order valence-corrected chi connectivity index (χ3v) is 6.10. The minimum Gasteiger partial charge on any atom is -0.508 e. The molecule has 142 valence electrons. The maximum atomic E-state index is 13.0. The average molecular weight is 483 g/mol. The zero-order valence-corrected chi connectivity index (χ0v) is 17.6. The number of β-lactam (4-membered cyclic amide) rings is 1. The van der Waals surface area contributed by atoms with Crippen LogP contribution in [-0.4, -0.2) is 11.0 Å². The first-order chi connectivity index (χ1) is 13.6. The fourth-order valence-electron chi connectivity index (χ4n) is 3.94. The lowest BCUT2D eigenvalue weighted by Gasteiger charge is -2.47. The van der Waals surface area contributed by atoms with Crippen molar-refractivity contribution in [1.29, 1.82) is 0 Å². The highest BCUT2D eigenvalue weighted by atomic mass is 127. The SMILES string of the molecule is O=C1[C@H](CCCc2ccccc2)[C@@H](c2ccc(O)cc2)N1c1ccc(I)cc1. The lowest BCUT2D eigenvalue weighted by Crippen LogP contribution is -2.55. The second-order valence-electron chi connectivity index (χ2n) is 7.21. The van der Waals surface area contributed by atoms with Gasteiger partial charge in [-0.15, -0.1) is 0 Å². The molecule has 1 saturated heterocycles. The Morgan fingerprint density at radius 2 is 1.57 bits per heavy atom. The van der Waals surface area contributed by atoms with Crippen molar-refractivity contribution in [2.75, 3.05) is 4.90 Å². The number of phenolic OH excluding ortho intramolecular Hbond substituents is 1. The number of aryl methyl sites for hydroxylation is 1. The van der Waals surface area contributed by atoms with Gasteiger partial charge >= 0.3 is 0 Å². The maximum absolute atomic E-state index is 13.0. The molecule has 0 spiro atoms. The smallest absolute Gasteiger partial charge is 0.233 e. The molecule has 0 radical (unpaired) electrons. The number of hydrogen-bond acceptors (Lipinski definition) is 2. The van der Waals surface area contributed by atoms with E-state index < -0.39 is 0 Å². The second-order valence-corrected chi connectivity index (χ2v) is 8.45. The monoisotopic (exact) mass is 483 g/mol. The van der Waals surface area contributed by atoms with Gasteiger partial charge in [0, 0.05) is 9.26 Å². The topological polar surface area (TPSA) is 40.5 Å². The largest absolute Gasteiger partial charge is 0.508 e. The summed E-state index contributed by atoms with van der Waals surface area (Å²) in [7, 11) is 0. The van der Waals surface area contributed by atoms with E-state index in [-0.39, 0.29) is 23.6 Å². The van der Waals surface area contributed by atoms with Crippen LogP contribution in [-0.2, 0) is 11.2 Å². The number of aromatic hydroxyl groups is 1. The summed E-state index contributed by atoms with van der Waals surface area (Å²) in [6.07, 6.45) is 2.83. The molecule has 0 unspecified atom stereocenters. The molecule has 1 heterocycles. The second kappa shape index (κ2) is 8.35. The molecule has 1 fully saturated rings. The van der Waals surface area contributed by atoms with Crippen LogP contribution >= 0.6 is 22.6 Å². The van der Waals surface area contributed by atoms with Gasteiger partial charge in [-0.2, -0.15) is 0 Å². The number of halogens is 1. The molecule has 4 heteroatoms. The highest BCUT2D eigenvalue weighted by Gasteiger charge is 2.48. The van der Waals surface area contributed by atoms with E-state index in [4.69, 9.17) is 0 Å². The number of phenols is 1. The van der Waals surface area contributed by atoms with E-state index in [0.717, 1.165) is 34.1 Å². The Bertz CT molecular complexity index is 939. The van der Waals surface area contributed by atoms with E-state index in [1.807, 2.05) is 47.4 Å². The molecule has 0 aliphatic carbocycles. The zero-order chi connectivity index (χ0) is 19.5. The van der Waals surface area contributed by atoms with E-state index >= 15 is 0 Å². The molecule has 1 aliphatic heterocycles. The molecule has 3 aromatic carbocycles. The molecule has 0 bridgehead atoms. The summed E-state index contributed by atoms with van der Waals surface area (Å²) in [5.41, 5.74) is 3.31. The highest BCUT2D eigenvalue weighted by Crippen LogP contribution is 2.46. The van der Waals surface area contributed by atoms with Crippen LogP contribution in [0.5, 0.6) is 5.75 Å². The molecular formula is C24H22INO2. The van der Waals surface area contributed by atoms with Crippen molar-refractivity contribution >= 4 is 34.2 Å². The Morgan fingerprint density at radius 1 is 0.893 bits per heavy atom. The molecule has 1 aliphatic rings. The minimum absolute atomic E-state index is 0.0175. The Morgan fingerprint density at radius 3 is 2.25 bits per heavy atom. The molecule has 28 heavy (non-hydrogen) atoms. The van der Waals surface area contributed by atoms with Gasteiger partial charge in [-0.3, -0.25) is 4.79 Å². The van der Waals surface area contributed by atoms with E-state index in [0.29, 0.717) is 0 Å². The molecule has 2 atom stereocenters. The van der Waals surface area contributed by atoms with Crippen LogP contribution in [0.15, 0.2) is 78.9 Å². The molecular weight excluding hydrogens is 461 g/mol. The van der Waals surface area contributed by atoms with E-state index in [1.165, 1.54) is 5.56 Å². The number of hydrogen-bond donors (Lipinski definition) is 1. The van der Waals surface area contributed by atoms with Crippen LogP contribution in [0.1, 0.15) is 30.0 Å². The molecule has 3 aromatic rings. The Kier molecular flexibility index (Phi) is 5.67. The predicted octanol–water partition coefficient (Wildman–Crippen LogP) is 5.72. The van der Waals surface area contributed by atoms with Crippen molar-refractivity contribution in [2.24, 2.45) is 5.92 Å². The first-order valence-corrected chi connectivity index (χ1v) is 10.6. The molecule has 3 nitrogen and oxygen atoms in total. The van der Waals surface area contributed by atoms with Crippen molar-refractivity contribution in [1.82, 2.24) is 0 Å². The van der Waals surface area contributed by atoms with Gasteiger partial charge in [-0.25, -0.2) is 0 Å². The highest BCUT2D eigenvalue weighted by molar-refractivity contribution is 14.1. The van der Waals surface area contributed by atoms with Crippen LogP contribution in [0.25, 0.3) is 0 Å². The van der Waals surface area contributed by atoms with Crippen molar-refractivity contribution in [2.45, 2.75) is 25.3 Å². The number of benzene rings is 3. The summed E-state index contributed by atoms with van der Waals surface area (Å²) >= 11 is 2.27. The quantitative estimate of drug-likeness (QED) is 0.360. The molecule has 0 saturated carbocycles. The summed E-state index contributed by atoms with van der Waals surface area (Å²) in [5, 5.41) is 9.65. The van der Waals surface area contributed by atoms with Crippen molar-refractivity contribution in [3.05, 3.63) is 93.6 Å². The molecule has 1 N–H and O–H groups in total. The van der Waals surface area contributed by atoms with Crippen molar-refractivity contribution in [3.8, 4) is 5.75 Å². The van der Waals surface area contributed by atoms with E-state index in [1.54, 1.807) is 12.1 Å². The van der Waals surface area contributed by atoms with Gasteiger partial charge < -0.3 is 10.0 Å². The third kappa shape index (κ3) is 3.92. The van der Waals surface area contributed by atoms with Gasteiger partial charge in [0.1, 0.15) is 5.75 Å². The number of carbonyl (C=O) groups excluding carboxylic acids is 1. The Labute approximate surface area is 179 Å². The molecule has 4 rings (SSSR count). The summed E-state index contributed by atoms with van der Waals surface area (Å²) in [5.74, 6) is 0.413. The lowest BCUT2D eigenvalue weighted by molar-refractivity contribution is -0.130. The Balaban J connectivity index is 1.53. The van der Waals surface area contributed by atoms with E-state index in [9.17, 15) is 9.90 Å². The van der Waals surface area contributed by atoms with Gasteiger partial charge in [0.05, 0.1) is 12.0 Å². The summed E-state index contributed by atoms with van der Waals surface area (Å²) in [6, 6.07) is 25.8. The number of rotatable bonds is 6. The normalized spacial score (nSPS) is 18.8. The van der Waals surface area contributed by atoms with Crippen LogP contribution in [0, 0.1) is 9.49 Å². The summed E-state index contributed by atoms with van der Waals surface area (Å²) < 4.78 is 1.15. The van der Waals surface area contributed by atoms with Crippen LogP contribution in [0.4, 0.5) is 5.69 Å². The number of nitrogens with zero attached hydrogens (tertiary/aromatic N) is 1. The van der Waals surface area contributed by atoms with Gasteiger partial charge in [-0.05, 0) is 89.4 Å². The zero-order valence-electron chi connectivity index (χ0n) is 15.5. The number of amides is 1. The first kappa shape index (κ1) is 19.0. The molecule has 0 aromatic heterocycles. The van der Waals surface area contributed by atoms with Crippen molar-refractivity contribution < 1.29 is 9.90 Å². The number of carbonyl (C=O) groups is 1. The van der Waals surface area contributed by atoms with Crippen LogP contribution in [0.2, 0.25) is 0 Å². The van der Waals surface area contributed by atoms with Gasteiger partial charge in [0.2, 0.25) is 5.91 Å². The third-order valence-electron chi connectivity index (χ3n) is 5.38. The summed E-state index contributed by atoms with van der Waals surface area (Å²) in [6.45, 7) is 0. The lowest BCUT2D eigenvalue weighted by atomic mass is 9.78. The average Bonchev–Trinajstić information content (AvgIpc) is 2.72. The van der Waals surface area contributed by atoms with Gasteiger partial charge in [0.15, 0.2) is 0 Å². The van der Waals surface area contributed by atoms with Crippen LogP contribution < -0.4 is 4.90 Å². The summed E-state index contributed by atoms with van der Waals surface area (Å²) in [4.78, 5) is 14.9. The minimum atomic E-state index is -0.0208. The molecule has 1 amide bonds. The Hall–Kier alpha value is -2.34.